The molecule has 0 aromatic rings. The van der Waals surface area contributed by atoms with Gasteiger partial charge < -0.3 is 5.73 Å². The molecule has 4 heteroatoms. The van der Waals surface area contributed by atoms with Crippen LogP contribution in [0.1, 0.15) is 6.92 Å². The quantitative estimate of drug-likeness (QED) is 0.412. The van der Waals surface area contributed by atoms with Crippen LogP contribution in [0.3, 0.4) is 0 Å². The van der Waals surface area contributed by atoms with Crippen molar-refractivity contribution in [2.75, 3.05) is 13.6 Å². The summed E-state index contributed by atoms with van der Waals surface area (Å²) in [6, 6.07) is 0. The molecule has 0 rings (SSSR count). The van der Waals surface area contributed by atoms with Crippen molar-refractivity contribution in [1.82, 2.24) is 5.01 Å². The van der Waals surface area contributed by atoms with Crippen molar-refractivity contribution in [3.05, 3.63) is 23.9 Å². The van der Waals surface area contributed by atoms with Gasteiger partial charge in [0.15, 0.2) is 0 Å². The van der Waals surface area contributed by atoms with Gasteiger partial charge >= 0.3 is 0 Å². The van der Waals surface area contributed by atoms with Crippen molar-refractivity contribution in [2.45, 2.75) is 6.92 Å². The van der Waals surface area contributed by atoms with E-state index >= 15 is 0 Å². The number of hydrogen-bond acceptors (Lipinski definition) is 3. The summed E-state index contributed by atoms with van der Waals surface area (Å²) in [5.41, 5.74) is 8.00. The van der Waals surface area contributed by atoms with E-state index in [0.29, 0.717) is 18.0 Å². The van der Waals surface area contributed by atoms with Crippen molar-refractivity contribution in [3.63, 3.8) is 0 Å². The van der Waals surface area contributed by atoms with Crippen LogP contribution in [0.2, 0.25) is 0 Å². The molecule has 0 aliphatic rings. The molecule has 0 spiro atoms. The van der Waals surface area contributed by atoms with Gasteiger partial charge in [-0.25, -0.2) is 0 Å². The second-order valence-electron chi connectivity index (χ2n) is 2.38. The van der Waals surface area contributed by atoms with E-state index in [0.717, 1.165) is 0 Å². The van der Waals surface area contributed by atoms with E-state index in [-0.39, 0.29) is 0 Å². The van der Waals surface area contributed by atoms with E-state index in [1.807, 2.05) is 7.05 Å². The topological polar surface area (TPSA) is 41.6 Å². The number of nitrogens with two attached hydrogens (primary N) is 1. The van der Waals surface area contributed by atoms with Crippen LogP contribution in [-0.4, -0.2) is 24.3 Å². The Kier molecular flexibility index (Phi) is 5.21. The van der Waals surface area contributed by atoms with Crippen molar-refractivity contribution in [1.29, 1.82) is 0 Å². The summed E-state index contributed by atoms with van der Waals surface area (Å²) in [5, 5.41) is 5.87. The van der Waals surface area contributed by atoms with Gasteiger partial charge in [0.2, 0.25) is 0 Å². The zero-order valence-electron chi connectivity index (χ0n) is 7.42. The van der Waals surface area contributed by atoms with Crippen molar-refractivity contribution in [2.24, 2.45) is 10.8 Å². The first-order valence-corrected chi connectivity index (χ1v) is 3.99. The molecule has 0 unspecified atom stereocenters. The van der Waals surface area contributed by atoms with Crippen LogP contribution in [0, 0.1) is 0 Å². The van der Waals surface area contributed by atoms with Crippen LogP contribution >= 0.6 is 11.6 Å². The SMILES string of the molecule is C=CCN(C)/N=C(C)\C(N)=C\Cl. The predicted octanol–water partition coefficient (Wildman–Crippen LogP) is 1.52. The van der Waals surface area contributed by atoms with Crippen LogP contribution in [0.4, 0.5) is 0 Å². The van der Waals surface area contributed by atoms with E-state index in [1.54, 1.807) is 18.0 Å². The molecule has 68 valence electrons. The first-order chi connectivity index (χ1) is 5.61. The minimum absolute atomic E-state index is 0.479. The maximum Gasteiger partial charge on any atom is 0.0812 e. The van der Waals surface area contributed by atoms with Crippen molar-refractivity contribution < 1.29 is 0 Å². The molecule has 3 nitrogen and oxygen atoms in total. The lowest BCUT2D eigenvalue weighted by Gasteiger charge is -2.11. The third kappa shape index (κ3) is 4.03. The molecule has 0 saturated heterocycles. The minimum atomic E-state index is 0.479. The Morgan fingerprint density at radius 2 is 2.33 bits per heavy atom. The lowest BCUT2D eigenvalue weighted by atomic mass is 10.3. The molecular weight excluding hydrogens is 174 g/mol. The van der Waals surface area contributed by atoms with Crippen LogP contribution < -0.4 is 5.73 Å². The Morgan fingerprint density at radius 1 is 1.75 bits per heavy atom. The van der Waals surface area contributed by atoms with Crippen LogP contribution in [-0.2, 0) is 0 Å². The number of likely N-dealkylation sites (N-methyl/N-ethyl adjacent to an activating group) is 1. The fourth-order valence-electron chi connectivity index (χ4n) is 0.620. The molecule has 0 fully saturated rings. The molecule has 0 radical (unpaired) electrons. The van der Waals surface area contributed by atoms with Crippen LogP contribution in [0.15, 0.2) is 29.0 Å². The highest BCUT2D eigenvalue weighted by atomic mass is 35.5. The van der Waals surface area contributed by atoms with Crippen LogP contribution in [0.25, 0.3) is 0 Å². The number of hydrogen-bond donors (Lipinski definition) is 1. The van der Waals surface area contributed by atoms with E-state index in [9.17, 15) is 0 Å². The van der Waals surface area contributed by atoms with Gasteiger partial charge in [-0.2, -0.15) is 5.10 Å². The highest BCUT2D eigenvalue weighted by Gasteiger charge is 1.95. The fraction of sp³-hybridized carbons (Fsp3) is 0.375. The Bertz CT molecular complexity index is 208. The fourth-order valence-corrected chi connectivity index (χ4v) is 0.778. The first kappa shape index (κ1) is 11.0. The van der Waals surface area contributed by atoms with Gasteiger partial charge in [0.25, 0.3) is 0 Å². The van der Waals surface area contributed by atoms with Gasteiger partial charge in [0.1, 0.15) is 0 Å². The maximum absolute atomic E-state index is 5.51. The number of halogens is 1. The molecule has 0 aliphatic carbocycles. The summed E-state index contributed by atoms with van der Waals surface area (Å²) in [4.78, 5) is 0. The molecule has 0 heterocycles. The Balaban J connectivity index is 4.24. The van der Waals surface area contributed by atoms with Crippen molar-refractivity contribution in [3.8, 4) is 0 Å². The normalized spacial score (nSPS) is 12.9. The molecule has 0 saturated carbocycles. The van der Waals surface area contributed by atoms with E-state index in [1.165, 1.54) is 5.54 Å². The molecule has 0 amide bonds. The summed E-state index contributed by atoms with van der Waals surface area (Å²) in [7, 11) is 1.84. The van der Waals surface area contributed by atoms with Gasteiger partial charge in [-0.1, -0.05) is 17.7 Å². The molecule has 0 aliphatic heterocycles. The first-order valence-electron chi connectivity index (χ1n) is 3.55. The second kappa shape index (κ2) is 5.66. The van der Waals surface area contributed by atoms with Gasteiger partial charge in [0, 0.05) is 12.6 Å². The highest BCUT2D eigenvalue weighted by molar-refractivity contribution is 6.27. The largest absolute Gasteiger partial charge is 0.396 e. The Labute approximate surface area is 78.2 Å². The molecular formula is C8H14ClN3. The number of rotatable bonds is 4. The van der Waals surface area contributed by atoms with Crippen LogP contribution in [0.5, 0.6) is 0 Å². The molecule has 2 N–H and O–H groups in total. The number of nitrogens with zero attached hydrogens (tertiary/aromatic N) is 2. The van der Waals surface area contributed by atoms with E-state index in [2.05, 4.69) is 11.7 Å². The summed E-state index contributed by atoms with van der Waals surface area (Å²) in [6.07, 6.45) is 1.76. The Morgan fingerprint density at radius 3 is 2.75 bits per heavy atom. The molecule has 0 bridgehead atoms. The smallest absolute Gasteiger partial charge is 0.0812 e. The second-order valence-corrected chi connectivity index (χ2v) is 2.60. The van der Waals surface area contributed by atoms with E-state index in [4.69, 9.17) is 17.3 Å². The molecule has 0 atom stereocenters. The minimum Gasteiger partial charge on any atom is -0.396 e. The molecule has 12 heavy (non-hydrogen) atoms. The predicted molar refractivity (Wildman–Crippen MR) is 54.1 cm³/mol. The lowest BCUT2D eigenvalue weighted by molar-refractivity contribution is 0.395. The average molecular weight is 188 g/mol. The zero-order chi connectivity index (χ0) is 9.56. The average Bonchev–Trinajstić information content (AvgIpc) is 2.03. The molecule has 0 aromatic carbocycles. The summed E-state index contributed by atoms with van der Waals surface area (Å²) >= 11 is 5.40. The lowest BCUT2D eigenvalue weighted by Crippen LogP contribution is -2.16. The third-order valence-electron chi connectivity index (χ3n) is 1.25. The van der Waals surface area contributed by atoms with Gasteiger partial charge in [-0.3, -0.25) is 5.01 Å². The highest BCUT2D eigenvalue weighted by Crippen LogP contribution is 1.94. The molecule has 0 aromatic heterocycles. The monoisotopic (exact) mass is 187 g/mol. The zero-order valence-corrected chi connectivity index (χ0v) is 8.17. The summed E-state index contributed by atoms with van der Waals surface area (Å²) in [6.45, 7) is 6.08. The van der Waals surface area contributed by atoms with Gasteiger partial charge in [0.05, 0.1) is 18.0 Å². The van der Waals surface area contributed by atoms with E-state index < -0.39 is 0 Å². The van der Waals surface area contributed by atoms with Gasteiger partial charge in [-0.15, -0.1) is 6.58 Å². The Hall–Kier alpha value is -0.960. The summed E-state index contributed by atoms with van der Waals surface area (Å²) in [5.74, 6) is 0. The van der Waals surface area contributed by atoms with Crippen molar-refractivity contribution >= 4 is 17.3 Å². The maximum atomic E-state index is 5.51. The van der Waals surface area contributed by atoms with Gasteiger partial charge in [-0.05, 0) is 6.92 Å². The number of allylic oxidation sites excluding steroid dienone is 1. The third-order valence-corrected chi connectivity index (χ3v) is 1.48. The standard InChI is InChI=1S/C8H14ClN3/c1-4-5-12(3)11-7(2)8(10)6-9/h4,6H,1,5,10H2,2-3H3/b8-6-,11-7-. The summed E-state index contributed by atoms with van der Waals surface area (Å²) < 4.78 is 0. The number of hydrazone groups is 1.